The van der Waals surface area contributed by atoms with Crippen LogP contribution in [0, 0.1) is 13.8 Å². The number of fused-ring (bicyclic) bond motifs is 1. The Morgan fingerprint density at radius 3 is 2.61 bits per heavy atom. The van der Waals surface area contributed by atoms with E-state index < -0.39 is 5.97 Å². The minimum Gasteiger partial charge on any atom is -0.478 e. The van der Waals surface area contributed by atoms with Gasteiger partial charge in [0.15, 0.2) is 0 Å². The van der Waals surface area contributed by atoms with Gasteiger partial charge in [-0.2, -0.15) is 0 Å². The molecule has 0 aromatic heterocycles. The molecule has 28 heavy (non-hydrogen) atoms. The third kappa shape index (κ3) is 3.68. The normalized spacial score (nSPS) is 18.4. The quantitative estimate of drug-likeness (QED) is 0.678. The molecule has 0 saturated heterocycles. The Labute approximate surface area is 167 Å². The zero-order valence-electron chi connectivity index (χ0n) is 17.7. The maximum Gasteiger partial charge on any atom is 0.335 e. The van der Waals surface area contributed by atoms with Gasteiger partial charge in [-0.1, -0.05) is 13.0 Å². The first-order valence-corrected chi connectivity index (χ1v) is 9.94. The van der Waals surface area contributed by atoms with Crippen molar-refractivity contribution in [3.63, 3.8) is 0 Å². The fourth-order valence-electron chi connectivity index (χ4n) is 4.41. The Balaban J connectivity index is 2.02. The zero-order chi connectivity index (χ0) is 20.6. The summed E-state index contributed by atoms with van der Waals surface area (Å²) >= 11 is 0. The van der Waals surface area contributed by atoms with Gasteiger partial charge < -0.3 is 10.0 Å². The molecular weight excluding hydrogens is 348 g/mol. The summed E-state index contributed by atoms with van der Waals surface area (Å²) in [4.78, 5) is 18.4. The summed E-state index contributed by atoms with van der Waals surface area (Å²) in [7, 11) is 0. The molecule has 0 spiro atoms. The minimum absolute atomic E-state index is 0.150. The van der Waals surface area contributed by atoms with Crippen molar-refractivity contribution in [2.45, 2.75) is 59.4 Å². The molecule has 0 amide bonds. The monoisotopic (exact) mass is 378 g/mol. The van der Waals surface area contributed by atoms with Gasteiger partial charge in [0.2, 0.25) is 0 Å². The molecule has 0 radical (unpaired) electrons. The molecule has 1 heterocycles. The molecule has 1 aliphatic heterocycles. The largest absolute Gasteiger partial charge is 0.478 e. The van der Waals surface area contributed by atoms with E-state index in [9.17, 15) is 9.90 Å². The lowest BCUT2D eigenvalue weighted by atomic mass is 9.79. The summed E-state index contributed by atoms with van der Waals surface area (Å²) < 4.78 is 0. The number of aliphatic imine (C=N–C) groups is 1. The van der Waals surface area contributed by atoms with E-state index in [0.717, 1.165) is 24.1 Å². The van der Waals surface area contributed by atoms with E-state index in [1.54, 1.807) is 18.2 Å². The average Bonchev–Trinajstić information content (AvgIpc) is 2.61. The van der Waals surface area contributed by atoms with Crippen LogP contribution in [0.25, 0.3) is 0 Å². The third-order valence-corrected chi connectivity index (χ3v) is 5.89. The predicted molar refractivity (Wildman–Crippen MR) is 117 cm³/mol. The first-order valence-electron chi connectivity index (χ1n) is 9.94. The van der Waals surface area contributed by atoms with Crippen molar-refractivity contribution in [1.29, 1.82) is 0 Å². The van der Waals surface area contributed by atoms with Gasteiger partial charge in [0.05, 0.1) is 11.3 Å². The van der Waals surface area contributed by atoms with Crippen LogP contribution < -0.4 is 4.90 Å². The number of nitrogens with zero attached hydrogens (tertiary/aromatic N) is 2. The Hall–Kier alpha value is -2.62. The van der Waals surface area contributed by atoms with E-state index >= 15 is 0 Å². The highest BCUT2D eigenvalue weighted by Crippen LogP contribution is 2.44. The van der Waals surface area contributed by atoms with Crippen LogP contribution in [0.4, 0.5) is 11.4 Å². The molecule has 1 atom stereocenters. The van der Waals surface area contributed by atoms with Gasteiger partial charge in [0, 0.05) is 24.0 Å². The number of carboxylic acids is 1. The molecule has 4 heteroatoms. The summed E-state index contributed by atoms with van der Waals surface area (Å²) in [5, 5.41) is 9.23. The van der Waals surface area contributed by atoms with E-state index in [2.05, 4.69) is 56.6 Å². The molecule has 1 unspecified atom stereocenters. The second kappa shape index (κ2) is 7.42. The Morgan fingerprint density at radius 2 is 1.96 bits per heavy atom. The molecule has 2 aromatic carbocycles. The lowest BCUT2D eigenvalue weighted by Gasteiger charge is -2.47. The van der Waals surface area contributed by atoms with Crippen molar-refractivity contribution in [2.24, 2.45) is 4.99 Å². The molecule has 0 saturated carbocycles. The van der Waals surface area contributed by atoms with Gasteiger partial charge in [-0.25, -0.2) is 4.79 Å². The zero-order valence-corrected chi connectivity index (χ0v) is 17.7. The number of anilines is 1. The lowest BCUT2D eigenvalue weighted by molar-refractivity contribution is 0.0697. The second-order valence-electron chi connectivity index (χ2n) is 8.49. The SMILES string of the molecule is CCN1c2cc(C)c(C=Nc3cc(C(=O)O)ccc3C)cc2C(C)CC1(C)C. The highest BCUT2D eigenvalue weighted by Gasteiger charge is 2.35. The molecule has 0 fully saturated rings. The van der Waals surface area contributed by atoms with Crippen molar-refractivity contribution in [2.75, 3.05) is 11.4 Å². The summed E-state index contributed by atoms with van der Waals surface area (Å²) in [6.07, 6.45) is 2.99. The van der Waals surface area contributed by atoms with Gasteiger partial charge in [-0.05, 0) is 93.5 Å². The van der Waals surface area contributed by atoms with Gasteiger partial charge in [-0.15, -0.1) is 0 Å². The molecule has 1 N–H and O–H groups in total. The lowest BCUT2D eigenvalue weighted by Crippen LogP contribution is -2.48. The highest BCUT2D eigenvalue weighted by atomic mass is 16.4. The number of hydrogen-bond acceptors (Lipinski definition) is 3. The van der Waals surface area contributed by atoms with Crippen LogP contribution in [-0.2, 0) is 0 Å². The number of aromatic carboxylic acids is 1. The smallest absolute Gasteiger partial charge is 0.335 e. The van der Waals surface area contributed by atoms with E-state index in [-0.39, 0.29) is 11.1 Å². The number of rotatable bonds is 4. The van der Waals surface area contributed by atoms with E-state index in [0.29, 0.717) is 11.6 Å². The van der Waals surface area contributed by atoms with Crippen molar-refractivity contribution in [3.05, 3.63) is 58.1 Å². The van der Waals surface area contributed by atoms with E-state index in [1.165, 1.54) is 16.8 Å². The number of carbonyl (C=O) groups is 1. The van der Waals surface area contributed by atoms with Crippen LogP contribution in [0.15, 0.2) is 35.3 Å². The van der Waals surface area contributed by atoms with Gasteiger partial charge in [-0.3, -0.25) is 4.99 Å². The molecule has 0 aliphatic carbocycles. The number of aryl methyl sites for hydroxylation is 2. The standard InChI is InChI=1S/C24H30N2O2/c1-7-26-22-10-16(3)19(11-20(22)17(4)13-24(26,5)6)14-25-21-12-18(23(27)28)9-8-15(21)2/h8-12,14,17H,7,13H2,1-6H3,(H,27,28). The Morgan fingerprint density at radius 1 is 1.25 bits per heavy atom. The maximum atomic E-state index is 11.2. The number of carboxylic acid groups (broad SMARTS) is 1. The van der Waals surface area contributed by atoms with Crippen LogP contribution in [0.3, 0.4) is 0 Å². The maximum absolute atomic E-state index is 11.2. The van der Waals surface area contributed by atoms with E-state index in [1.807, 2.05) is 13.1 Å². The fourth-order valence-corrected chi connectivity index (χ4v) is 4.41. The average molecular weight is 379 g/mol. The van der Waals surface area contributed by atoms with Crippen molar-refractivity contribution in [3.8, 4) is 0 Å². The van der Waals surface area contributed by atoms with Gasteiger partial charge >= 0.3 is 5.97 Å². The van der Waals surface area contributed by atoms with E-state index in [4.69, 9.17) is 0 Å². The molecule has 3 rings (SSSR count). The minimum atomic E-state index is -0.933. The first kappa shape index (κ1) is 20.1. The molecule has 148 valence electrons. The van der Waals surface area contributed by atoms with Crippen LogP contribution >= 0.6 is 0 Å². The number of hydrogen-bond donors (Lipinski definition) is 1. The summed E-state index contributed by atoms with van der Waals surface area (Å²) in [6, 6.07) is 9.58. The van der Waals surface area contributed by atoms with Crippen molar-refractivity contribution >= 4 is 23.6 Å². The fraction of sp³-hybridized carbons (Fsp3) is 0.417. The Kier molecular flexibility index (Phi) is 5.33. The molecule has 4 nitrogen and oxygen atoms in total. The third-order valence-electron chi connectivity index (χ3n) is 5.89. The summed E-state index contributed by atoms with van der Waals surface area (Å²) in [5.41, 5.74) is 7.02. The molecular formula is C24H30N2O2. The Bertz CT molecular complexity index is 944. The van der Waals surface area contributed by atoms with Crippen LogP contribution in [-0.4, -0.2) is 29.4 Å². The topological polar surface area (TPSA) is 52.9 Å². The van der Waals surface area contributed by atoms with Crippen LogP contribution in [0.2, 0.25) is 0 Å². The summed E-state index contributed by atoms with van der Waals surface area (Å²) in [5.74, 6) is -0.449. The first-order chi connectivity index (χ1) is 13.1. The molecule has 2 aromatic rings. The van der Waals surface area contributed by atoms with Crippen molar-refractivity contribution in [1.82, 2.24) is 0 Å². The van der Waals surface area contributed by atoms with Crippen LogP contribution in [0.5, 0.6) is 0 Å². The summed E-state index contributed by atoms with van der Waals surface area (Å²) in [6.45, 7) is 14.2. The number of benzene rings is 2. The molecule has 0 bridgehead atoms. The van der Waals surface area contributed by atoms with Crippen molar-refractivity contribution < 1.29 is 9.90 Å². The van der Waals surface area contributed by atoms with Crippen LogP contribution in [0.1, 0.15) is 72.6 Å². The van der Waals surface area contributed by atoms with Gasteiger partial charge in [0.25, 0.3) is 0 Å². The molecule has 1 aliphatic rings. The predicted octanol–water partition coefficient (Wildman–Crippen LogP) is 5.86. The second-order valence-corrected chi connectivity index (χ2v) is 8.49. The highest BCUT2D eigenvalue weighted by molar-refractivity contribution is 5.90. The van der Waals surface area contributed by atoms with Gasteiger partial charge in [0.1, 0.15) is 0 Å².